The fourth-order valence-corrected chi connectivity index (χ4v) is 4.49. The first-order valence-corrected chi connectivity index (χ1v) is 10.2. The number of esters is 1. The van der Waals surface area contributed by atoms with Gasteiger partial charge in [0.25, 0.3) is 5.91 Å². The molecule has 2 aliphatic heterocycles. The molecular formula is C21H19N3O4S. The minimum Gasteiger partial charge on any atom is -0.451 e. The minimum absolute atomic E-state index is 0.117. The Bertz CT molecular complexity index is 977. The van der Waals surface area contributed by atoms with Gasteiger partial charge in [0, 0.05) is 23.5 Å². The lowest BCUT2D eigenvalue weighted by Gasteiger charge is -2.37. The quantitative estimate of drug-likeness (QED) is 0.785. The molecule has 4 rings (SSSR count). The van der Waals surface area contributed by atoms with E-state index in [1.807, 2.05) is 54.6 Å². The van der Waals surface area contributed by atoms with Crippen molar-refractivity contribution in [1.29, 1.82) is 0 Å². The molecule has 1 atom stereocenters. The molecule has 2 aromatic carbocycles. The number of amides is 2. The summed E-state index contributed by atoms with van der Waals surface area (Å²) in [6.07, 6.45) is 0.378. The van der Waals surface area contributed by atoms with E-state index in [9.17, 15) is 14.4 Å². The minimum atomic E-state index is -0.686. The Morgan fingerprint density at radius 2 is 1.86 bits per heavy atom. The fraction of sp³-hybridized carbons (Fsp3) is 0.238. The van der Waals surface area contributed by atoms with Gasteiger partial charge in [0.05, 0.1) is 11.7 Å². The summed E-state index contributed by atoms with van der Waals surface area (Å²) in [5.74, 6) is -0.528. The third-order valence-corrected chi connectivity index (χ3v) is 5.89. The summed E-state index contributed by atoms with van der Waals surface area (Å²) in [5, 5.41) is 3.71. The van der Waals surface area contributed by atoms with Crippen molar-refractivity contribution < 1.29 is 19.1 Å². The van der Waals surface area contributed by atoms with Gasteiger partial charge in [-0.3, -0.25) is 14.5 Å². The third kappa shape index (κ3) is 4.17. The molecular weight excluding hydrogens is 390 g/mol. The molecule has 148 valence electrons. The highest BCUT2D eigenvalue weighted by atomic mass is 32.2. The molecule has 0 saturated carbocycles. The molecule has 0 aromatic heterocycles. The van der Waals surface area contributed by atoms with E-state index in [4.69, 9.17) is 4.74 Å². The van der Waals surface area contributed by atoms with Crippen LogP contribution in [0.2, 0.25) is 0 Å². The van der Waals surface area contributed by atoms with Crippen LogP contribution in [0.1, 0.15) is 24.4 Å². The van der Waals surface area contributed by atoms with E-state index in [1.165, 1.54) is 0 Å². The summed E-state index contributed by atoms with van der Waals surface area (Å²) >= 11 is 1.70. The first-order valence-electron chi connectivity index (χ1n) is 9.25. The van der Waals surface area contributed by atoms with E-state index in [2.05, 4.69) is 10.5 Å². The molecule has 0 aliphatic carbocycles. The molecule has 0 bridgehead atoms. The number of hydrogen-bond donors (Lipinski definition) is 1. The summed E-state index contributed by atoms with van der Waals surface area (Å²) in [5.41, 5.74) is 4.20. The van der Waals surface area contributed by atoms with Crippen molar-refractivity contribution in [2.24, 2.45) is 5.10 Å². The maximum Gasteiger partial charge on any atom is 0.355 e. The van der Waals surface area contributed by atoms with Gasteiger partial charge in [0.2, 0.25) is 5.91 Å². The van der Waals surface area contributed by atoms with Gasteiger partial charge < -0.3 is 4.74 Å². The Morgan fingerprint density at radius 3 is 2.62 bits per heavy atom. The number of hydrazone groups is 1. The largest absolute Gasteiger partial charge is 0.451 e. The van der Waals surface area contributed by atoms with E-state index >= 15 is 0 Å². The number of thioether (sulfide) groups is 1. The standard InChI is InChI=1S/C21H19N3O4S/c25-19-11-10-15(22-23-19)21(27)28-12-20(26)24-16-8-4-5-9-18(16)29-13-17(24)14-6-2-1-3-7-14/h1-9,17H,10-13H2,(H,23,25)/t17-/m1/s1. The summed E-state index contributed by atoms with van der Waals surface area (Å²) in [7, 11) is 0. The summed E-state index contributed by atoms with van der Waals surface area (Å²) < 4.78 is 5.21. The van der Waals surface area contributed by atoms with E-state index in [-0.39, 0.29) is 36.4 Å². The lowest BCUT2D eigenvalue weighted by Crippen LogP contribution is -2.41. The predicted molar refractivity (Wildman–Crippen MR) is 110 cm³/mol. The average molecular weight is 409 g/mol. The van der Waals surface area contributed by atoms with Crippen LogP contribution in [-0.2, 0) is 19.1 Å². The van der Waals surface area contributed by atoms with Crippen LogP contribution in [0.5, 0.6) is 0 Å². The van der Waals surface area contributed by atoms with Crippen LogP contribution in [0.15, 0.2) is 64.6 Å². The van der Waals surface area contributed by atoms with Crippen molar-refractivity contribution in [1.82, 2.24) is 5.43 Å². The lowest BCUT2D eigenvalue weighted by molar-refractivity contribution is -0.141. The molecule has 29 heavy (non-hydrogen) atoms. The number of carbonyl (C=O) groups excluding carboxylic acids is 3. The number of rotatable bonds is 4. The molecule has 1 N–H and O–H groups in total. The first kappa shape index (κ1) is 19.2. The SMILES string of the molecule is O=C1CCC(C(=O)OCC(=O)N2c3ccccc3SC[C@@H]2c2ccccc2)=NN1. The van der Waals surface area contributed by atoms with Crippen molar-refractivity contribution in [3.63, 3.8) is 0 Å². The second kappa shape index (κ2) is 8.48. The number of carbonyl (C=O) groups is 3. The van der Waals surface area contributed by atoms with Gasteiger partial charge in [-0.25, -0.2) is 10.2 Å². The van der Waals surface area contributed by atoms with Crippen LogP contribution in [0, 0.1) is 0 Å². The molecule has 0 unspecified atom stereocenters. The molecule has 2 aliphatic rings. The topological polar surface area (TPSA) is 88.1 Å². The van der Waals surface area contributed by atoms with Gasteiger partial charge in [-0.15, -0.1) is 11.8 Å². The molecule has 2 aromatic rings. The Balaban J connectivity index is 1.53. The second-order valence-corrected chi connectivity index (χ2v) is 7.70. The van der Waals surface area contributed by atoms with Crippen molar-refractivity contribution >= 4 is 40.9 Å². The number of benzene rings is 2. The fourth-order valence-electron chi connectivity index (χ4n) is 3.32. The summed E-state index contributed by atoms with van der Waals surface area (Å²) in [4.78, 5) is 39.2. The van der Waals surface area contributed by atoms with Gasteiger partial charge in [0.15, 0.2) is 6.61 Å². The summed E-state index contributed by atoms with van der Waals surface area (Å²) in [6.45, 7) is -0.395. The zero-order valence-electron chi connectivity index (χ0n) is 15.5. The van der Waals surface area contributed by atoms with Gasteiger partial charge in [-0.05, 0) is 17.7 Å². The molecule has 0 saturated heterocycles. The number of anilines is 1. The van der Waals surface area contributed by atoms with Crippen molar-refractivity contribution in [3.05, 3.63) is 60.2 Å². The van der Waals surface area contributed by atoms with E-state index in [1.54, 1.807) is 16.7 Å². The Morgan fingerprint density at radius 1 is 1.10 bits per heavy atom. The summed E-state index contributed by atoms with van der Waals surface area (Å²) in [6, 6.07) is 17.3. The lowest BCUT2D eigenvalue weighted by atomic mass is 10.1. The zero-order chi connectivity index (χ0) is 20.2. The molecule has 0 spiro atoms. The van der Waals surface area contributed by atoms with Crippen molar-refractivity contribution in [2.45, 2.75) is 23.8 Å². The molecule has 7 nitrogen and oxygen atoms in total. The Labute approximate surface area is 172 Å². The number of nitrogens with zero attached hydrogens (tertiary/aromatic N) is 2. The number of fused-ring (bicyclic) bond motifs is 1. The molecule has 0 fully saturated rings. The highest BCUT2D eigenvalue weighted by Crippen LogP contribution is 2.43. The number of hydrogen-bond acceptors (Lipinski definition) is 6. The Hall–Kier alpha value is -3.13. The molecule has 2 amide bonds. The van der Waals surface area contributed by atoms with Crippen LogP contribution >= 0.6 is 11.8 Å². The average Bonchev–Trinajstić information content (AvgIpc) is 2.77. The molecule has 0 radical (unpaired) electrons. The Kier molecular flexibility index (Phi) is 5.62. The van der Waals surface area contributed by atoms with Crippen LogP contribution in [0.4, 0.5) is 5.69 Å². The van der Waals surface area contributed by atoms with Gasteiger partial charge in [0.1, 0.15) is 5.71 Å². The van der Waals surface area contributed by atoms with E-state index < -0.39 is 12.6 Å². The second-order valence-electron chi connectivity index (χ2n) is 6.64. The van der Waals surface area contributed by atoms with E-state index in [0.717, 1.165) is 16.1 Å². The monoisotopic (exact) mass is 409 g/mol. The van der Waals surface area contributed by atoms with Crippen LogP contribution < -0.4 is 10.3 Å². The maximum atomic E-state index is 13.1. The highest BCUT2D eigenvalue weighted by Gasteiger charge is 2.33. The van der Waals surface area contributed by atoms with Gasteiger partial charge in [-0.1, -0.05) is 42.5 Å². The number of para-hydroxylation sites is 1. The van der Waals surface area contributed by atoms with E-state index in [0.29, 0.717) is 5.75 Å². The first-order chi connectivity index (χ1) is 14.1. The number of nitrogens with one attached hydrogen (secondary N) is 1. The molecule has 8 heteroatoms. The van der Waals surface area contributed by atoms with Gasteiger partial charge in [-0.2, -0.15) is 5.10 Å². The van der Waals surface area contributed by atoms with Crippen molar-refractivity contribution in [3.8, 4) is 0 Å². The smallest absolute Gasteiger partial charge is 0.355 e. The van der Waals surface area contributed by atoms with Crippen LogP contribution in [0.25, 0.3) is 0 Å². The maximum absolute atomic E-state index is 13.1. The predicted octanol–water partition coefficient (Wildman–Crippen LogP) is 2.68. The normalized spacial score (nSPS) is 18.3. The third-order valence-electron chi connectivity index (χ3n) is 4.75. The van der Waals surface area contributed by atoms with Crippen LogP contribution in [0.3, 0.4) is 0 Å². The highest BCUT2D eigenvalue weighted by molar-refractivity contribution is 7.99. The van der Waals surface area contributed by atoms with Crippen LogP contribution in [-0.4, -0.2) is 35.9 Å². The van der Waals surface area contributed by atoms with Gasteiger partial charge >= 0.3 is 5.97 Å². The molecule has 2 heterocycles. The zero-order valence-corrected chi connectivity index (χ0v) is 16.4. The van der Waals surface area contributed by atoms with Crippen molar-refractivity contribution in [2.75, 3.05) is 17.3 Å². The number of ether oxygens (including phenoxy) is 1.